The number of hydrogen-bond donors (Lipinski definition) is 2. The van der Waals surface area contributed by atoms with E-state index in [1.807, 2.05) is 24.3 Å². The molecule has 2 heterocycles. The van der Waals surface area contributed by atoms with Crippen LogP contribution in [0.5, 0.6) is 5.75 Å². The number of aromatic nitrogens is 2. The van der Waals surface area contributed by atoms with Crippen molar-refractivity contribution in [3.63, 3.8) is 0 Å². The molecule has 2 aromatic rings. The van der Waals surface area contributed by atoms with E-state index in [2.05, 4.69) is 10.3 Å². The zero-order valence-corrected chi connectivity index (χ0v) is 12.5. The second-order valence-corrected chi connectivity index (χ2v) is 5.35. The van der Waals surface area contributed by atoms with Gasteiger partial charge in [-0.3, -0.25) is 14.6 Å². The molecular weight excluding hydrogens is 298 g/mol. The molecule has 0 spiro atoms. The normalized spacial score (nSPS) is 16.3. The van der Waals surface area contributed by atoms with Crippen LogP contribution in [0.3, 0.4) is 0 Å². The van der Waals surface area contributed by atoms with Crippen LogP contribution in [0.25, 0.3) is 0 Å². The van der Waals surface area contributed by atoms with Crippen LogP contribution < -0.4 is 21.3 Å². The van der Waals surface area contributed by atoms with Gasteiger partial charge in [0, 0.05) is 37.2 Å². The predicted octanol–water partition coefficient (Wildman–Crippen LogP) is 0.567. The van der Waals surface area contributed by atoms with Gasteiger partial charge in [0.05, 0.1) is 12.6 Å². The molecule has 120 valence electrons. The first kappa shape index (κ1) is 15.1. The third-order valence-electron chi connectivity index (χ3n) is 3.77. The van der Waals surface area contributed by atoms with Crippen LogP contribution in [0.2, 0.25) is 0 Å². The number of amides is 1. The molecular formula is C16H17N3O4. The van der Waals surface area contributed by atoms with Crippen molar-refractivity contribution < 1.29 is 9.53 Å². The summed E-state index contributed by atoms with van der Waals surface area (Å²) in [6.45, 7) is 0.771. The predicted molar refractivity (Wildman–Crippen MR) is 83.4 cm³/mol. The van der Waals surface area contributed by atoms with E-state index in [4.69, 9.17) is 4.74 Å². The van der Waals surface area contributed by atoms with Crippen LogP contribution in [0.1, 0.15) is 24.4 Å². The molecule has 0 saturated carbocycles. The summed E-state index contributed by atoms with van der Waals surface area (Å²) < 4.78 is 6.87. The highest BCUT2D eigenvalue weighted by molar-refractivity contribution is 5.76. The van der Waals surface area contributed by atoms with E-state index in [1.165, 1.54) is 16.8 Å². The Hall–Kier alpha value is -2.83. The average Bonchev–Trinajstić information content (AvgIpc) is 2.54. The molecule has 0 radical (unpaired) electrons. The number of para-hydroxylation sites is 1. The lowest BCUT2D eigenvalue weighted by Gasteiger charge is -2.26. The van der Waals surface area contributed by atoms with Crippen molar-refractivity contribution in [2.45, 2.75) is 25.4 Å². The molecule has 1 aromatic heterocycles. The van der Waals surface area contributed by atoms with Crippen LogP contribution in [-0.2, 0) is 11.3 Å². The quantitative estimate of drug-likeness (QED) is 0.862. The number of carbonyl (C=O) groups excluding carboxylic acids is 1. The summed E-state index contributed by atoms with van der Waals surface area (Å²) in [5, 5.41) is 2.97. The first-order chi connectivity index (χ1) is 11.1. The smallest absolute Gasteiger partial charge is 0.328 e. The minimum absolute atomic E-state index is 0.0836. The van der Waals surface area contributed by atoms with Crippen molar-refractivity contribution in [2.75, 3.05) is 6.61 Å². The number of H-pyrrole nitrogens is 1. The maximum atomic E-state index is 12.1. The Labute approximate surface area is 131 Å². The topological polar surface area (TPSA) is 93.2 Å². The minimum Gasteiger partial charge on any atom is -0.493 e. The third-order valence-corrected chi connectivity index (χ3v) is 3.77. The van der Waals surface area contributed by atoms with Crippen molar-refractivity contribution in [1.29, 1.82) is 0 Å². The highest BCUT2D eigenvalue weighted by atomic mass is 16.5. The Balaban J connectivity index is 1.62. The molecule has 1 aliphatic rings. The van der Waals surface area contributed by atoms with E-state index in [-0.39, 0.29) is 24.9 Å². The molecule has 0 bridgehead atoms. The molecule has 2 N–H and O–H groups in total. The number of nitrogens with zero attached hydrogens (tertiary/aromatic N) is 1. The largest absolute Gasteiger partial charge is 0.493 e. The van der Waals surface area contributed by atoms with Gasteiger partial charge in [-0.2, -0.15) is 0 Å². The molecule has 1 atom stereocenters. The second kappa shape index (κ2) is 6.51. The molecule has 1 aromatic carbocycles. The van der Waals surface area contributed by atoms with E-state index >= 15 is 0 Å². The monoisotopic (exact) mass is 315 g/mol. The number of hydrogen-bond acceptors (Lipinski definition) is 4. The fourth-order valence-corrected chi connectivity index (χ4v) is 2.60. The van der Waals surface area contributed by atoms with Gasteiger partial charge in [0.25, 0.3) is 5.56 Å². The number of ether oxygens (including phenoxy) is 1. The average molecular weight is 315 g/mol. The molecule has 0 saturated heterocycles. The summed E-state index contributed by atoms with van der Waals surface area (Å²) in [4.78, 5) is 36.9. The fourth-order valence-electron chi connectivity index (χ4n) is 2.60. The highest BCUT2D eigenvalue weighted by Crippen LogP contribution is 2.31. The maximum Gasteiger partial charge on any atom is 0.328 e. The molecule has 3 rings (SSSR count). The van der Waals surface area contributed by atoms with Gasteiger partial charge in [0.15, 0.2) is 0 Å². The van der Waals surface area contributed by atoms with E-state index < -0.39 is 11.2 Å². The number of fused-ring (bicyclic) bond motifs is 1. The van der Waals surface area contributed by atoms with Gasteiger partial charge in [-0.15, -0.1) is 0 Å². The van der Waals surface area contributed by atoms with Crippen molar-refractivity contribution in [2.24, 2.45) is 0 Å². The minimum atomic E-state index is -0.512. The second-order valence-electron chi connectivity index (χ2n) is 5.35. The van der Waals surface area contributed by atoms with Crippen LogP contribution >= 0.6 is 0 Å². The Morgan fingerprint density at radius 3 is 2.96 bits per heavy atom. The number of benzene rings is 1. The summed E-state index contributed by atoms with van der Waals surface area (Å²) in [6.07, 6.45) is 2.25. The molecule has 1 unspecified atom stereocenters. The van der Waals surface area contributed by atoms with Crippen molar-refractivity contribution in [3.05, 3.63) is 62.9 Å². The lowest BCUT2D eigenvalue weighted by molar-refractivity contribution is -0.122. The molecule has 7 heteroatoms. The zero-order valence-electron chi connectivity index (χ0n) is 12.5. The summed E-state index contributed by atoms with van der Waals surface area (Å²) in [5.41, 5.74) is 0.00420. The third kappa shape index (κ3) is 3.50. The number of carbonyl (C=O) groups is 1. The molecule has 0 aliphatic carbocycles. The van der Waals surface area contributed by atoms with Crippen molar-refractivity contribution in [3.8, 4) is 5.75 Å². The lowest BCUT2D eigenvalue weighted by Crippen LogP contribution is -2.34. The molecule has 23 heavy (non-hydrogen) atoms. The van der Waals surface area contributed by atoms with Crippen LogP contribution in [-0.4, -0.2) is 22.1 Å². The van der Waals surface area contributed by atoms with Gasteiger partial charge in [-0.1, -0.05) is 18.2 Å². The van der Waals surface area contributed by atoms with Gasteiger partial charge < -0.3 is 14.6 Å². The van der Waals surface area contributed by atoms with E-state index in [1.54, 1.807) is 0 Å². The van der Waals surface area contributed by atoms with Gasteiger partial charge in [0.1, 0.15) is 5.75 Å². The van der Waals surface area contributed by atoms with Crippen molar-refractivity contribution >= 4 is 5.91 Å². The number of nitrogens with one attached hydrogen (secondary N) is 2. The standard InChI is InChI=1S/C16H17N3O4/c20-14(5-8-19-9-6-15(21)18-16(19)22)17-12-7-10-23-13-4-2-1-3-11(12)13/h1-4,6,9,12H,5,7-8,10H2,(H,17,20)(H,18,21,22). The summed E-state index contributed by atoms with van der Waals surface area (Å²) in [5.74, 6) is 0.644. The Bertz CT molecular complexity index is 824. The van der Waals surface area contributed by atoms with Crippen LogP contribution in [0.15, 0.2) is 46.1 Å². The van der Waals surface area contributed by atoms with Crippen molar-refractivity contribution in [1.82, 2.24) is 14.9 Å². The fraction of sp³-hybridized carbons (Fsp3) is 0.312. The Morgan fingerprint density at radius 2 is 2.13 bits per heavy atom. The van der Waals surface area contributed by atoms with E-state index in [9.17, 15) is 14.4 Å². The highest BCUT2D eigenvalue weighted by Gasteiger charge is 2.22. The Kier molecular flexibility index (Phi) is 4.27. The van der Waals surface area contributed by atoms with E-state index in [0.29, 0.717) is 13.0 Å². The van der Waals surface area contributed by atoms with Gasteiger partial charge in [0.2, 0.25) is 5.91 Å². The molecule has 1 aliphatic heterocycles. The SMILES string of the molecule is O=C(CCn1ccc(=O)[nH]c1=O)NC1CCOc2ccccc21. The zero-order chi connectivity index (χ0) is 16.2. The lowest BCUT2D eigenvalue weighted by atomic mass is 10.0. The van der Waals surface area contributed by atoms with Gasteiger partial charge in [-0.05, 0) is 6.07 Å². The molecule has 7 nitrogen and oxygen atoms in total. The van der Waals surface area contributed by atoms with Crippen LogP contribution in [0.4, 0.5) is 0 Å². The van der Waals surface area contributed by atoms with Gasteiger partial charge in [-0.25, -0.2) is 4.79 Å². The summed E-state index contributed by atoms with van der Waals surface area (Å²) in [6, 6.07) is 8.80. The summed E-state index contributed by atoms with van der Waals surface area (Å²) >= 11 is 0. The number of aromatic amines is 1. The maximum absolute atomic E-state index is 12.1. The number of aryl methyl sites for hydroxylation is 1. The summed E-state index contributed by atoms with van der Waals surface area (Å²) in [7, 11) is 0. The molecule has 0 fully saturated rings. The first-order valence-corrected chi connectivity index (χ1v) is 7.44. The Morgan fingerprint density at radius 1 is 1.30 bits per heavy atom. The van der Waals surface area contributed by atoms with Gasteiger partial charge >= 0.3 is 5.69 Å². The van der Waals surface area contributed by atoms with Crippen LogP contribution in [0, 0.1) is 0 Å². The molecule has 1 amide bonds. The first-order valence-electron chi connectivity index (χ1n) is 7.44. The number of rotatable bonds is 4. The van der Waals surface area contributed by atoms with E-state index in [0.717, 1.165) is 11.3 Å².